The SMILES string of the molecule is COc1cc(-c2cc(C(=O)NCc3cc(C4CC4)ncn3)[nH]n2)cc(OC)c1OC. The lowest BCUT2D eigenvalue weighted by Gasteiger charge is -2.13. The monoisotopic (exact) mass is 409 g/mol. The Morgan fingerprint density at radius 2 is 1.80 bits per heavy atom. The zero-order valence-corrected chi connectivity index (χ0v) is 17.1. The predicted octanol–water partition coefficient (Wildman–Crippen LogP) is 2.70. The van der Waals surface area contributed by atoms with Crippen LogP contribution < -0.4 is 19.5 Å². The highest BCUT2D eigenvalue weighted by molar-refractivity contribution is 5.93. The van der Waals surface area contributed by atoms with Gasteiger partial charge in [0, 0.05) is 17.2 Å². The van der Waals surface area contributed by atoms with Crippen LogP contribution in [0.2, 0.25) is 0 Å². The fraction of sp³-hybridized carbons (Fsp3) is 0.333. The van der Waals surface area contributed by atoms with Crippen LogP contribution in [0.5, 0.6) is 17.2 Å². The molecule has 0 bridgehead atoms. The van der Waals surface area contributed by atoms with E-state index in [-0.39, 0.29) is 5.91 Å². The van der Waals surface area contributed by atoms with Crippen LogP contribution in [0.3, 0.4) is 0 Å². The molecule has 2 N–H and O–H groups in total. The second-order valence-electron chi connectivity index (χ2n) is 6.97. The highest BCUT2D eigenvalue weighted by Gasteiger charge is 2.25. The summed E-state index contributed by atoms with van der Waals surface area (Å²) in [6, 6.07) is 7.18. The van der Waals surface area contributed by atoms with E-state index < -0.39 is 0 Å². The maximum Gasteiger partial charge on any atom is 0.269 e. The minimum atomic E-state index is -0.271. The van der Waals surface area contributed by atoms with Gasteiger partial charge in [0.05, 0.1) is 39.3 Å². The molecule has 9 heteroatoms. The van der Waals surface area contributed by atoms with E-state index in [2.05, 4.69) is 25.5 Å². The van der Waals surface area contributed by atoms with E-state index in [0.29, 0.717) is 41.1 Å². The second kappa shape index (κ2) is 8.40. The molecule has 0 radical (unpaired) electrons. The Kier molecular flexibility index (Phi) is 5.51. The number of methoxy groups -OCH3 is 3. The molecule has 9 nitrogen and oxygen atoms in total. The molecule has 156 valence electrons. The van der Waals surface area contributed by atoms with Gasteiger partial charge in [0.25, 0.3) is 5.91 Å². The molecule has 0 aliphatic heterocycles. The number of nitrogens with one attached hydrogen (secondary N) is 2. The third-order valence-corrected chi connectivity index (χ3v) is 4.95. The van der Waals surface area contributed by atoms with Crippen molar-refractivity contribution in [3.05, 3.63) is 47.7 Å². The highest BCUT2D eigenvalue weighted by atomic mass is 16.5. The van der Waals surface area contributed by atoms with Crippen molar-refractivity contribution in [2.45, 2.75) is 25.3 Å². The van der Waals surface area contributed by atoms with E-state index in [1.165, 1.54) is 12.8 Å². The van der Waals surface area contributed by atoms with E-state index in [4.69, 9.17) is 14.2 Å². The summed E-state index contributed by atoms with van der Waals surface area (Å²) >= 11 is 0. The van der Waals surface area contributed by atoms with Crippen LogP contribution in [0.25, 0.3) is 11.3 Å². The molecular formula is C21H23N5O4. The largest absolute Gasteiger partial charge is 0.493 e. The number of hydrogen-bond donors (Lipinski definition) is 2. The summed E-state index contributed by atoms with van der Waals surface area (Å²) < 4.78 is 16.1. The summed E-state index contributed by atoms with van der Waals surface area (Å²) in [5, 5.41) is 9.89. The Morgan fingerprint density at radius 1 is 1.07 bits per heavy atom. The van der Waals surface area contributed by atoms with Gasteiger partial charge in [-0.15, -0.1) is 0 Å². The van der Waals surface area contributed by atoms with Gasteiger partial charge in [-0.1, -0.05) is 0 Å². The van der Waals surface area contributed by atoms with Crippen LogP contribution in [0.15, 0.2) is 30.6 Å². The van der Waals surface area contributed by atoms with Gasteiger partial charge in [0.15, 0.2) is 11.5 Å². The zero-order chi connectivity index (χ0) is 21.1. The molecule has 0 unspecified atom stereocenters. The van der Waals surface area contributed by atoms with E-state index in [1.807, 2.05) is 6.07 Å². The normalized spacial score (nSPS) is 13.0. The number of ether oxygens (including phenoxy) is 3. The van der Waals surface area contributed by atoms with Crippen LogP contribution in [0, 0.1) is 0 Å². The van der Waals surface area contributed by atoms with E-state index in [1.54, 1.807) is 45.9 Å². The molecule has 1 aliphatic carbocycles. The Labute approximate surface area is 173 Å². The number of aromatic nitrogens is 4. The molecule has 3 aromatic rings. The maximum atomic E-state index is 12.5. The minimum Gasteiger partial charge on any atom is -0.493 e. The van der Waals surface area contributed by atoms with Crippen LogP contribution in [-0.4, -0.2) is 47.4 Å². The van der Waals surface area contributed by atoms with Gasteiger partial charge in [0.1, 0.15) is 12.0 Å². The minimum absolute atomic E-state index is 0.271. The molecule has 1 fully saturated rings. The number of nitrogens with zero attached hydrogens (tertiary/aromatic N) is 3. The molecule has 0 saturated heterocycles. The van der Waals surface area contributed by atoms with E-state index in [0.717, 1.165) is 17.0 Å². The first-order chi connectivity index (χ1) is 14.6. The number of carbonyl (C=O) groups excluding carboxylic acids is 1. The van der Waals surface area contributed by atoms with Gasteiger partial charge in [-0.05, 0) is 37.1 Å². The first-order valence-electron chi connectivity index (χ1n) is 9.57. The Hall–Kier alpha value is -3.62. The molecule has 1 amide bonds. The van der Waals surface area contributed by atoms with Crippen LogP contribution >= 0.6 is 0 Å². The summed E-state index contributed by atoms with van der Waals surface area (Å²) in [4.78, 5) is 21.1. The molecule has 2 heterocycles. The first kappa shape index (κ1) is 19.7. The topological polar surface area (TPSA) is 111 Å². The quantitative estimate of drug-likeness (QED) is 0.588. The first-order valence-corrected chi connectivity index (χ1v) is 9.57. The average Bonchev–Trinajstić information content (AvgIpc) is 3.52. The van der Waals surface area contributed by atoms with Crippen molar-refractivity contribution in [2.24, 2.45) is 0 Å². The summed E-state index contributed by atoms with van der Waals surface area (Å²) in [6.45, 7) is 0.319. The Morgan fingerprint density at radius 3 is 2.43 bits per heavy atom. The Bertz CT molecular complexity index is 1040. The summed E-state index contributed by atoms with van der Waals surface area (Å²) in [5.74, 6) is 1.78. The van der Waals surface area contributed by atoms with Crippen molar-refractivity contribution < 1.29 is 19.0 Å². The molecule has 30 heavy (non-hydrogen) atoms. The number of H-pyrrole nitrogens is 1. The molecule has 1 saturated carbocycles. The highest BCUT2D eigenvalue weighted by Crippen LogP contribution is 2.41. The van der Waals surface area contributed by atoms with E-state index in [9.17, 15) is 4.79 Å². The smallest absolute Gasteiger partial charge is 0.269 e. The lowest BCUT2D eigenvalue weighted by atomic mass is 10.1. The predicted molar refractivity (Wildman–Crippen MR) is 109 cm³/mol. The van der Waals surface area contributed by atoms with Gasteiger partial charge in [0.2, 0.25) is 5.75 Å². The number of aromatic amines is 1. The average molecular weight is 409 g/mol. The molecule has 4 rings (SSSR count). The second-order valence-corrected chi connectivity index (χ2v) is 6.97. The molecule has 0 atom stereocenters. The fourth-order valence-corrected chi connectivity index (χ4v) is 3.19. The number of benzene rings is 1. The number of amides is 1. The van der Waals surface area contributed by atoms with Crippen molar-refractivity contribution in [2.75, 3.05) is 21.3 Å². The number of carbonyl (C=O) groups is 1. The molecule has 1 aromatic carbocycles. The van der Waals surface area contributed by atoms with Crippen LogP contribution in [0.4, 0.5) is 0 Å². The van der Waals surface area contributed by atoms with Crippen LogP contribution in [0.1, 0.15) is 40.6 Å². The van der Waals surface area contributed by atoms with Crippen molar-refractivity contribution in [1.82, 2.24) is 25.5 Å². The van der Waals surface area contributed by atoms with Gasteiger partial charge >= 0.3 is 0 Å². The van der Waals surface area contributed by atoms with Crippen molar-refractivity contribution in [3.8, 4) is 28.5 Å². The van der Waals surface area contributed by atoms with Gasteiger partial charge in [-0.25, -0.2) is 9.97 Å². The van der Waals surface area contributed by atoms with Crippen LogP contribution in [-0.2, 0) is 6.54 Å². The standard InChI is InChI=1S/C21H23N5O4/c1-28-18-6-13(7-19(29-2)20(18)30-3)16-9-17(26-25-16)21(27)22-10-14-8-15(12-4-5-12)24-11-23-14/h6-9,11-12H,4-5,10H2,1-3H3,(H,22,27)(H,25,26). The van der Waals surface area contributed by atoms with Gasteiger partial charge in [-0.3, -0.25) is 9.89 Å². The van der Waals surface area contributed by atoms with Crippen molar-refractivity contribution in [1.29, 1.82) is 0 Å². The van der Waals surface area contributed by atoms with Crippen molar-refractivity contribution >= 4 is 5.91 Å². The Balaban J connectivity index is 1.48. The third kappa shape index (κ3) is 4.05. The van der Waals surface area contributed by atoms with Crippen molar-refractivity contribution in [3.63, 3.8) is 0 Å². The van der Waals surface area contributed by atoms with Gasteiger partial charge < -0.3 is 19.5 Å². The zero-order valence-electron chi connectivity index (χ0n) is 17.1. The fourth-order valence-electron chi connectivity index (χ4n) is 3.19. The summed E-state index contributed by atoms with van der Waals surface area (Å²) in [5.41, 5.74) is 3.47. The maximum absolute atomic E-state index is 12.5. The summed E-state index contributed by atoms with van der Waals surface area (Å²) in [6.07, 6.45) is 3.88. The number of rotatable bonds is 8. The molecule has 2 aromatic heterocycles. The molecule has 1 aliphatic rings. The van der Waals surface area contributed by atoms with Gasteiger partial charge in [-0.2, -0.15) is 5.10 Å². The van der Waals surface area contributed by atoms with E-state index >= 15 is 0 Å². The third-order valence-electron chi connectivity index (χ3n) is 4.95. The molecular weight excluding hydrogens is 386 g/mol. The number of hydrogen-bond acceptors (Lipinski definition) is 7. The molecule has 0 spiro atoms. The summed E-state index contributed by atoms with van der Waals surface area (Å²) in [7, 11) is 4.64. The lowest BCUT2D eigenvalue weighted by molar-refractivity contribution is 0.0945. The lowest BCUT2D eigenvalue weighted by Crippen LogP contribution is -2.23.